The summed E-state index contributed by atoms with van der Waals surface area (Å²) in [4.78, 5) is 29.0. The minimum Gasteiger partial charge on any atom is -0.465 e. The second kappa shape index (κ2) is 12.8. The van der Waals surface area contributed by atoms with Crippen LogP contribution in [0, 0.1) is 0 Å². The van der Waals surface area contributed by atoms with Crippen LogP contribution in [0.3, 0.4) is 0 Å². The lowest BCUT2D eigenvalue weighted by Gasteiger charge is -2.03. The van der Waals surface area contributed by atoms with Gasteiger partial charge in [0.2, 0.25) is 10.9 Å². The maximum atomic E-state index is 12.6. The van der Waals surface area contributed by atoms with Gasteiger partial charge in [0.15, 0.2) is 0 Å². The quantitative estimate of drug-likeness (QED) is 0.297. The van der Waals surface area contributed by atoms with Crippen molar-refractivity contribution in [2.75, 3.05) is 7.11 Å². The third-order valence-electron chi connectivity index (χ3n) is 4.35. The van der Waals surface area contributed by atoms with Crippen LogP contribution in [0.4, 0.5) is 5.69 Å². The molecule has 0 atom stereocenters. The molecule has 2 aromatic rings. The number of methoxy groups -OCH3 is 1. The van der Waals surface area contributed by atoms with E-state index in [1.54, 1.807) is 6.21 Å². The molecule has 0 N–H and O–H groups in total. The van der Waals surface area contributed by atoms with Crippen molar-refractivity contribution in [1.29, 1.82) is 0 Å². The summed E-state index contributed by atoms with van der Waals surface area (Å²) < 4.78 is 6.14. The number of ether oxygens (including phenoxy) is 1. The fourth-order valence-corrected chi connectivity index (χ4v) is 3.60. The van der Waals surface area contributed by atoms with E-state index in [0.29, 0.717) is 5.69 Å². The molecule has 0 saturated carbocycles. The molecule has 0 aliphatic heterocycles. The van der Waals surface area contributed by atoms with Crippen LogP contribution in [0.25, 0.3) is 0 Å². The molecule has 0 unspecified atom stereocenters. The zero-order valence-electron chi connectivity index (χ0n) is 17.2. The molecule has 0 spiro atoms. The van der Waals surface area contributed by atoms with Crippen molar-refractivity contribution >= 4 is 29.4 Å². The Labute approximate surface area is 175 Å². The Morgan fingerprint density at radius 3 is 2.48 bits per heavy atom. The number of benzene rings is 1. The molecule has 0 radical (unpaired) electrons. The zero-order chi connectivity index (χ0) is 20.9. The zero-order valence-corrected chi connectivity index (χ0v) is 18.0. The number of hydrogen-bond acceptors (Lipinski definition) is 6. The van der Waals surface area contributed by atoms with E-state index in [-0.39, 0.29) is 15.8 Å². The number of hydrogen-bond donors (Lipinski definition) is 0. The number of para-hydroxylation sites is 1. The molecule has 0 aliphatic rings. The first kappa shape index (κ1) is 22.7. The van der Waals surface area contributed by atoms with Crippen LogP contribution in [-0.4, -0.2) is 23.4 Å². The smallest absolute Gasteiger partial charge is 0.349 e. The summed E-state index contributed by atoms with van der Waals surface area (Å²) in [5.41, 5.74) is 0.449. The molecule has 0 aliphatic carbocycles. The predicted molar refractivity (Wildman–Crippen MR) is 118 cm³/mol. The van der Waals surface area contributed by atoms with Gasteiger partial charge in [-0.2, -0.15) is 9.17 Å². The van der Waals surface area contributed by atoms with Crippen LogP contribution in [0.15, 0.2) is 51.3 Å². The Morgan fingerprint density at radius 2 is 1.79 bits per heavy atom. The summed E-state index contributed by atoms with van der Waals surface area (Å²) in [5, 5.41) is 4.40. The van der Waals surface area contributed by atoms with E-state index in [4.69, 9.17) is 4.74 Å². The van der Waals surface area contributed by atoms with Crippen molar-refractivity contribution in [3.63, 3.8) is 0 Å². The van der Waals surface area contributed by atoms with Crippen molar-refractivity contribution in [2.45, 2.75) is 58.3 Å². The fraction of sp³-hybridized carbons (Fsp3) is 0.455. The fourth-order valence-electron chi connectivity index (χ4n) is 2.76. The lowest BCUT2D eigenvalue weighted by atomic mass is 10.1. The van der Waals surface area contributed by atoms with Gasteiger partial charge in [0.25, 0.3) is 0 Å². The SMILES string of the molecule is CCCCCCCCC/C=N/n1sc(C(=O)OC)cc(=O)c1=Nc1ccccc1. The molecular weight excluding hydrogens is 386 g/mol. The average Bonchev–Trinajstić information content (AvgIpc) is 2.74. The van der Waals surface area contributed by atoms with E-state index in [9.17, 15) is 9.59 Å². The molecule has 1 aromatic heterocycles. The summed E-state index contributed by atoms with van der Waals surface area (Å²) in [6.45, 7) is 2.22. The van der Waals surface area contributed by atoms with Gasteiger partial charge in [-0.1, -0.05) is 63.6 Å². The van der Waals surface area contributed by atoms with E-state index in [1.165, 1.54) is 55.8 Å². The van der Waals surface area contributed by atoms with E-state index < -0.39 is 5.97 Å². The maximum absolute atomic E-state index is 12.6. The second-order valence-electron chi connectivity index (χ2n) is 6.71. The van der Waals surface area contributed by atoms with Crippen LogP contribution in [0.1, 0.15) is 68.0 Å². The summed E-state index contributed by atoms with van der Waals surface area (Å²) in [6, 6.07) is 10.5. The van der Waals surface area contributed by atoms with Crippen molar-refractivity contribution < 1.29 is 9.53 Å². The molecule has 0 amide bonds. The molecule has 0 saturated heterocycles. The van der Waals surface area contributed by atoms with Crippen molar-refractivity contribution in [3.8, 4) is 0 Å². The largest absolute Gasteiger partial charge is 0.465 e. The van der Waals surface area contributed by atoms with E-state index in [0.717, 1.165) is 24.4 Å². The van der Waals surface area contributed by atoms with Gasteiger partial charge in [0, 0.05) is 12.3 Å². The standard InChI is InChI=1S/C22H29N3O3S/c1-3-4-5-6-7-8-9-13-16-23-25-21(24-18-14-11-10-12-15-18)19(26)17-20(29-25)22(27)28-2/h10-12,14-17H,3-9,13H2,1-2H3/b23-16+,24-21?. The molecule has 2 rings (SSSR count). The molecule has 0 bridgehead atoms. The van der Waals surface area contributed by atoms with Gasteiger partial charge in [0.05, 0.1) is 12.8 Å². The summed E-state index contributed by atoms with van der Waals surface area (Å²) in [6.07, 6.45) is 11.2. The number of rotatable bonds is 11. The molecule has 1 heterocycles. The van der Waals surface area contributed by atoms with Gasteiger partial charge < -0.3 is 4.74 Å². The Kier molecular flexibility index (Phi) is 10.1. The van der Waals surface area contributed by atoms with Crippen LogP contribution in [0.5, 0.6) is 0 Å². The van der Waals surface area contributed by atoms with Gasteiger partial charge in [-0.3, -0.25) is 4.79 Å². The van der Waals surface area contributed by atoms with Gasteiger partial charge in [0.1, 0.15) is 4.88 Å². The minimum absolute atomic E-state index is 0.171. The third-order valence-corrected chi connectivity index (χ3v) is 5.27. The highest BCUT2D eigenvalue weighted by molar-refractivity contribution is 7.08. The summed E-state index contributed by atoms with van der Waals surface area (Å²) in [5.74, 6) is -0.561. The van der Waals surface area contributed by atoms with Crippen LogP contribution in [-0.2, 0) is 4.74 Å². The Balaban J connectivity index is 2.15. The number of carbonyl (C=O) groups excluding carboxylic acids is 1. The monoisotopic (exact) mass is 415 g/mol. The van der Waals surface area contributed by atoms with Gasteiger partial charge in [-0.15, -0.1) is 0 Å². The number of esters is 1. The van der Waals surface area contributed by atoms with Crippen molar-refractivity contribution in [2.24, 2.45) is 10.1 Å². The van der Waals surface area contributed by atoms with Crippen molar-refractivity contribution in [3.05, 3.63) is 57.0 Å². The molecule has 7 heteroatoms. The molecule has 156 valence electrons. The average molecular weight is 416 g/mol. The maximum Gasteiger partial charge on any atom is 0.349 e. The topological polar surface area (TPSA) is 73.0 Å². The minimum atomic E-state index is -0.561. The number of carbonyl (C=O) groups is 1. The van der Waals surface area contributed by atoms with Crippen molar-refractivity contribution in [1.82, 2.24) is 4.07 Å². The number of aromatic nitrogens is 1. The van der Waals surface area contributed by atoms with E-state index >= 15 is 0 Å². The highest BCUT2D eigenvalue weighted by atomic mass is 32.1. The number of unbranched alkanes of at least 4 members (excludes halogenated alkanes) is 7. The first-order valence-corrected chi connectivity index (χ1v) is 10.9. The Morgan fingerprint density at radius 1 is 1.10 bits per heavy atom. The van der Waals surface area contributed by atoms with Gasteiger partial charge in [-0.05, 0) is 36.5 Å². The number of nitrogens with zero attached hydrogens (tertiary/aromatic N) is 3. The van der Waals surface area contributed by atoms with Crippen LogP contribution >= 0.6 is 11.5 Å². The van der Waals surface area contributed by atoms with Gasteiger partial charge >= 0.3 is 5.97 Å². The van der Waals surface area contributed by atoms with Crippen LogP contribution < -0.4 is 10.9 Å². The molecule has 29 heavy (non-hydrogen) atoms. The Bertz CT molecular complexity index is 917. The summed E-state index contributed by atoms with van der Waals surface area (Å²) in [7, 11) is 1.29. The first-order valence-electron chi connectivity index (χ1n) is 10.1. The third kappa shape index (κ3) is 7.77. The summed E-state index contributed by atoms with van der Waals surface area (Å²) >= 11 is 1.04. The van der Waals surface area contributed by atoms with Crippen LogP contribution in [0.2, 0.25) is 0 Å². The molecule has 1 aromatic carbocycles. The van der Waals surface area contributed by atoms with Gasteiger partial charge in [-0.25, -0.2) is 9.79 Å². The lowest BCUT2D eigenvalue weighted by molar-refractivity contribution is 0.0605. The molecular formula is C22H29N3O3S. The first-order chi connectivity index (χ1) is 14.2. The lowest BCUT2D eigenvalue weighted by Crippen LogP contribution is -2.32. The normalized spacial score (nSPS) is 11.9. The highest BCUT2D eigenvalue weighted by Crippen LogP contribution is 2.10. The van der Waals surface area contributed by atoms with E-state index in [1.807, 2.05) is 30.3 Å². The second-order valence-corrected chi connectivity index (χ2v) is 7.68. The highest BCUT2D eigenvalue weighted by Gasteiger charge is 2.11. The Hall–Kier alpha value is -2.54. The molecule has 0 fully saturated rings. The predicted octanol–water partition coefficient (Wildman–Crippen LogP) is 4.90. The molecule has 6 nitrogen and oxygen atoms in total. The van der Waals surface area contributed by atoms with E-state index in [2.05, 4.69) is 17.0 Å².